The van der Waals surface area contributed by atoms with E-state index in [0.29, 0.717) is 5.41 Å². The van der Waals surface area contributed by atoms with Crippen molar-refractivity contribution in [3.8, 4) is 5.75 Å². The molecule has 3 aliphatic rings. The number of piperidine rings is 1. The van der Waals surface area contributed by atoms with E-state index in [1.54, 1.807) is 11.1 Å². The minimum absolute atomic E-state index is 0.441. The number of hydrogen-bond acceptors (Lipinski definition) is 2. The molecule has 144 valence electrons. The van der Waals surface area contributed by atoms with Crippen molar-refractivity contribution in [2.24, 2.45) is 11.8 Å². The van der Waals surface area contributed by atoms with Gasteiger partial charge in [0.2, 0.25) is 0 Å². The highest BCUT2D eigenvalue weighted by molar-refractivity contribution is 5.45. The standard InChI is InChI=1S/C24H37NO/c1-4-18(5-2)11-14-25-15-13-24-12-7-6-8-21(24)23(25)16-19-9-10-20(26-3)17-22(19)24/h9-10,17-18,21,23H,4-8,11-16H2,1-3H3/t21-,23+,24+/m0/s1. The van der Waals surface area contributed by atoms with Crippen LogP contribution in [0.2, 0.25) is 0 Å². The molecule has 0 spiro atoms. The molecular formula is C24H37NO. The van der Waals surface area contributed by atoms with Crippen molar-refractivity contribution in [2.45, 2.75) is 83.1 Å². The van der Waals surface area contributed by atoms with Crippen LogP contribution in [-0.2, 0) is 11.8 Å². The first-order valence-electron chi connectivity index (χ1n) is 11.1. The number of methoxy groups -OCH3 is 1. The first kappa shape index (κ1) is 18.3. The van der Waals surface area contributed by atoms with Crippen molar-refractivity contribution < 1.29 is 4.74 Å². The molecule has 0 unspecified atom stereocenters. The van der Waals surface area contributed by atoms with Gasteiger partial charge in [0.15, 0.2) is 0 Å². The van der Waals surface area contributed by atoms with Gasteiger partial charge in [0.25, 0.3) is 0 Å². The molecule has 1 aliphatic heterocycles. The van der Waals surface area contributed by atoms with Gasteiger partial charge in [-0.3, -0.25) is 4.90 Å². The molecule has 4 rings (SSSR count). The van der Waals surface area contributed by atoms with E-state index in [2.05, 4.69) is 36.9 Å². The van der Waals surface area contributed by atoms with Crippen molar-refractivity contribution in [2.75, 3.05) is 20.2 Å². The molecule has 2 fully saturated rings. The lowest BCUT2D eigenvalue weighted by Crippen LogP contribution is -2.61. The molecule has 1 saturated carbocycles. The fourth-order valence-electron chi connectivity index (χ4n) is 6.51. The molecule has 2 aliphatic carbocycles. The van der Waals surface area contributed by atoms with Crippen LogP contribution >= 0.6 is 0 Å². The van der Waals surface area contributed by atoms with Gasteiger partial charge in [0.05, 0.1) is 7.11 Å². The average Bonchev–Trinajstić information content (AvgIpc) is 2.69. The third-order valence-corrected chi connectivity index (χ3v) is 8.14. The smallest absolute Gasteiger partial charge is 0.119 e. The Kier molecular flexibility index (Phi) is 5.32. The second-order valence-electron chi connectivity index (χ2n) is 9.06. The maximum Gasteiger partial charge on any atom is 0.119 e. The van der Waals surface area contributed by atoms with E-state index in [4.69, 9.17) is 4.74 Å². The van der Waals surface area contributed by atoms with Gasteiger partial charge in [0.1, 0.15) is 5.75 Å². The van der Waals surface area contributed by atoms with Gasteiger partial charge in [-0.1, -0.05) is 45.6 Å². The molecule has 2 bridgehead atoms. The van der Waals surface area contributed by atoms with Gasteiger partial charge in [-0.2, -0.15) is 0 Å². The Morgan fingerprint density at radius 1 is 1.19 bits per heavy atom. The van der Waals surface area contributed by atoms with Crippen LogP contribution in [0.3, 0.4) is 0 Å². The summed E-state index contributed by atoms with van der Waals surface area (Å²) in [5.74, 6) is 2.83. The monoisotopic (exact) mass is 355 g/mol. The van der Waals surface area contributed by atoms with E-state index in [-0.39, 0.29) is 0 Å². The average molecular weight is 356 g/mol. The van der Waals surface area contributed by atoms with Gasteiger partial charge in [-0.25, -0.2) is 0 Å². The minimum Gasteiger partial charge on any atom is -0.497 e. The van der Waals surface area contributed by atoms with Gasteiger partial charge in [0, 0.05) is 11.5 Å². The summed E-state index contributed by atoms with van der Waals surface area (Å²) < 4.78 is 5.59. The maximum absolute atomic E-state index is 5.59. The van der Waals surface area contributed by atoms with E-state index < -0.39 is 0 Å². The van der Waals surface area contributed by atoms with Crippen LogP contribution < -0.4 is 4.74 Å². The molecule has 1 saturated heterocycles. The summed E-state index contributed by atoms with van der Waals surface area (Å²) in [6.45, 7) is 7.34. The fourth-order valence-corrected chi connectivity index (χ4v) is 6.51. The summed E-state index contributed by atoms with van der Waals surface area (Å²) >= 11 is 0. The Morgan fingerprint density at radius 3 is 2.81 bits per heavy atom. The normalized spacial score (nSPS) is 30.8. The molecule has 0 radical (unpaired) electrons. The van der Waals surface area contributed by atoms with Crippen LogP contribution in [0, 0.1) is 11.8 Å². The Labute approximate surface area is 160 Å². The lowest BCUT2D eigenvalue weighted by atomic mass is 9.52. The second kappa shape index (κ2) is 7.54. The number of benzene rings is 1. The van der Waals surface area contributed by atoms with Crippen molar-refractivity contribution >= 4 is 0 Å². The lowest BCUT2D eigenvalue weighted by molar-refractivity contribution is -0.0137. The Morgan fingerprint density at radius 2 is 2.04 bits per heavy atom. The van der Waals surface area contributed by atoms with Gasteiger partial charge in [-0.15, -0.1) is 0 Å². The van der Waals surface area contributed by atoms with Crippen LogP contribution in [0.4, 0.5) is 0 Å². The zero-order valence-corrected chi connectivity index (χ0v) is 17.1. The van der Waals surface area contributed by atoms with Crippen molar-refractivity contribution in [1.29, 1.82) is 0 Å². The van der Waals surface area contributed by atoms with E-state index in [1.807, 2.05) is 7.11 Å². The summed E-state index contributed by atoms with van der Waals surface area (Å²) in [7, 11) is 1.81. The largest absolute Gasteiger partial charge is 0.497 e. The van der Waals surface area contributed by atoms with Crippen LogP contribution in [0.25, 0.3) is 0 Å². The van der Waals surface area contributed by atoms with Crippen LogP contribution in [-0.4, -0.2) is 31.1 Å². The first-order chi connectivity index (χ1) is 12.7. The number of fused-ring (bicyclic) bond motifs is 1. The minimum atomic E-state index is 0.441. The van der Waals surface area contributed by atoms with E-state index in [1.165, 1.54) is 70.9 Å². The highest BCUT2D eigenvalue weighted by Crippen LogP contribution is 2.56. The van der Waals surface area contributed by atoms with E-state index in [9.17, 15) is 0 Å². The zero-order valence-electron chi connectivity index (χ0n) is 17.1. The Bertz CT molecular complexity index is 623. The molecule has 2 heteroatoms. The lowest BCUT2D eigenvalue weighted by Gasteiger charge is -2.59. The second-order valence-corrected chi connectivity index (χ2v) is 9.06. The van der Waals surface area contributed by atoms with Gasteiger partial charge < -0.3 is 4.74 Å². The van der Waals surface area contributed by atoms with Crippen LogP contribution in [0.5, 0.6) is 5.75 Å². The molecule has 0 amide bonds. The highest BCUT2D eigenvalue weighted by atomic mass is 16.5. The quantitative estimate of drug-likeness (QED) is 0.660. The maximum atomic E-state index is 5.59. The molecule has 0 aromatic heterocycles. The molecule has 1 heterocycles. The van der Waals surface area contributed by atoms with Crippen LogP contribution in [0.15, 0.2) is 18.2 Å². The van der Waals surface area contributed by atoms with Gasteiger partial charge in [-0.05, 0) is 80.3 Å². The SMILES string of the molecule is CCC(CC)CCN1CC[C@]23CCCC[C@H]2[C@H]1Cc1ccc(OC)cc13. The highest BCUT2D eigenvalue weighted by Gasteiger charge is 2.53. The summed E-state index contributed by atoms with van der Waals surface area (Å²) in [5, 5.41) is 0. The number of nitrogens with zero attached hydrogens (tertiary/aromatic N) is 1. The molecule has 26 heavy (non-hydrogen) atoms. The molecule has 2 nitrogen and oxygen atoms in total. The van der Waals surface area contributed by atoms with Crippen molar-refractivity contribution in [1.82, 2.24) is 4.90 Å². The predicted octanol–water partition coefficient (Wildman–Crippen LogP) is 5.58. The number of likely N-dealkylation sites (tertiary alicyclic amines) is 1. The van der Waals surface area contributed by atoms with Gasteiger partial charge >= 0.3 is 0 Å². The third-order valence-electron chi connectivity index (χ3n) is 8.14. The zero-order chi connectivity index (χ0) is 18.1. The summed E-state index contributed by atoms with van der Waals surface area (Å²) in [6, 6.07) is 7.73. The van der Waals surface area contributed by atoms with E-state index >= 15 is 0 Å². The van der Waals surface area contributed by atoms with E-state index in [0.717, 1.165) is 23.6 Å². The first-order valence-corrected chi connectivity index (χ1v) is 11.1. The summed E-state index contributed by atoms with van der Waals surface area (Å²) in [6.07, 6.45) is 12.4. The molecule has 0 N–H and O–H groups in total. The number of hydrogen-bond donors (Lipinski definition) is 0. The van der Waals surface area contributed by atoms with Crippen molar-refractivity contribution in [3.05, 3.63) is 29.3 Å². The molecule has 1 aromatic rings. The molecule has 1 aromatic carbocycles. The Hall–Kier alpha value is -1.02. The Balaban J connectivity index is 1.63. The van der Waals surface area contributed by atoms with Crippen LogP contribution in [0.1, 0.15) is 76.3 Å². The fraction of sp³-hybridized carbons (Fsp3) is 0.750. The topological polar surface area (TPSA) is 12.5 Å². The molecular weight excluding hydrogens is 318 g/mol. The van der Waals surface area contributed by atoms with Crippen molar-refractivity contribution in [3.63, 3.8) is 0 Å². The predicted molar refractivity (Wildman–Crippen MR) is 109 cm³/mol. The summed E-state index contributed by atoms with van der Waals surface area (Å²) in [5.41, 5.74) is 3.70. The number of rotatable bonds is 6. The summed E-state index contributed by atoms with van der Waals surface area (Å²) in [4.78, 5) is 2.89. The number of ether oxygens (including phenoxy) is 1. The third kappa shape index (κ3) is 2.99. The molecule has 3 atom stereocenters.